The summed E-state index contributed by atoms with van der Waals surface area (Å²) >= 11 is 6.08. The summed E-state index contributed by atoms with van der Waals surface area (Å²) in [5, 5.41) is 0.378. The number of hydrogen-bond donors (Lipinski definition) is 0. The third kappa shape index (κ3) is 4.92. The first kappa shape index (κ1) is 23.2. The van der Waals surface area contributed by atoms with Crippen molar-refractivity contribution in [2.24, 2.45) is 7.05 Å². The maximum absolute atomic E-state index is 12.8. The van der Waals surface area contributed by atoms with Gasteiger partial charge in [0.2, 0.25) is 10.0 Å². The van der Waals surface area contributed by atoms with Gasteiger partial charge in [0.1, 0.15) is 11.6 Å². The number of benzene rings is 2. The van der Waals surface area contributed by atoms with E-state index < -0.39 is 16.0 Å². The highest BCUT2D eigenvalue weighted by molar-refractivity contribution is 7.89. The lowest BCUT2D eigenvalue weighted by molar-refractivity contribution is -0.134. The molecular weight excluding hydrogens is 438 g/mol. The summed E-state index contributed by atoms with van der Waals surface area (Å²) in [6.07, 6.45) is 0.470. The Kier molecular flexibility index (Phi) is 7.03. The predicted molar refractivity (Wildman–Crippen MR) is 121 cm³/mol. The molecule has 1 aromatic heterocycles. The van der Waals surface area contributed by atoms with Gasteiger partial charge in [-0.25, -0.2) is 13.4 Å². The molecule has 0 aliphatic heterocycles. The number of aromatic nitrogens is 2. The topological polar surface area (TPSA) is 81.5 Å². The minimum atomic E-state index is -3.57. The first-order chi connectivity index (χ1) is 14.7. The van der Waals surface area contributed by atoms with Crippen LogP contribution in [0.3, 0.4) is 0 Å². The van der Waals surface area contributed by atoms with Crippen LogP contribution in [0, 0.1) is 6.92 Å². The van der Waals surface area contributed by atoms with E-state index in [0.717, 1.165) is 11.1 Å². The van der Waals surface area contributed by atoms with Gasteiger partial charge < -0.3 is 9.30 Å². The molecule has 3 aromatic rings. The third-order valence-electron chi connectivity index (χ3n) is 5.15. The zero-order valence-electron chi connectivity index (χ0n) is 18.1. The SMILES string of the molecule is CCN(CC)S(=O)(=O)c1ccc2c(c1)nc(CCC(=O)Oc1cc(C)ccc1Cl)n2C. The third-order valence-corrected chi connectivity index (χ3v) is 7.51. The van der Waals surface area contributed by atoms with Crippen LogP contribution in [-0.2, 0) is 28.3 Å². The van der Waals surface area contributed by atoms with E-state index in [9.17, 15) is 13.2 Å². The number of carbonyl (C=O) groups excluding carboxylic acids is 1. The van der Waals surface area contributed by atoms with Gasteiger partial charge in [-0.15, -0.1) is 0 Å². The summed E-state index contributed by atoms with van der Waals surface area (Å²) in [6, 6.07) is 10.2. The number of esters is 1. The number of carbonyl (C=O) groups is 1. The van der Waals surface area contributed by atoms with Gasteiger partial charge in [-0.2, -0.15) is 4.31 Å². The molecule has 166 valence electrons. The number of rotatable bonds is 8. The van der Waals surface area contributed by atoms with Crippen LogP contribution in [0.4, 0.5) is 0 Å². The molecule has 0 N–H and O–H groups in total. The molecule has 0 radical (unpaired) electrons. The molecule has 7 nitrogen and oxygen atoms in total. The lowest BCUT2D eigenvalue weighted by Crippen LogP contribution is -2.30. The maximum atomic E-state index is 12.8. The number of nitrogens with zero attached hydrogens (tertiary/aromatic N) is 3. The number of fused-ring (bicyclic) bond motifs is 1. The summed E-state index contributed by atoms with van der Waals surface area (Å²) in [7, 11) is -1.73. The Morgan fingerprint density at radius 2 is 1.87 bits per heavy atom. The molecule has 31 heavy (non-hydrogen) atoms. The van der Waals surface area contributed by atoms with E-state index in [0.29, 0.717) is 41.6 Å². The van der Waals surface area contributed by atoms with E-state index in [1.54, 1.807) is 30.3 Å². The Labute approximate surface area is 187 Å². The van der Waals surface area contributed by atoms with Crippen LogP contribution in [0.15, 0.2) is 41.3 Å². The second kappa shape index (κ2) is 9.38. The van der Waals surface area contributed by atoms with E-state index in [1.807, 2.05) is 38.5 Å². The van der Waals surface area contributed by atoms with Gasteiger partial charge in [0.25, 0.3) is 0 Å². The van der Waals surface area contributed by atoms with Crippen molar-refractivity contribution in [3.63, 3.8) is 0 Å². The van der Waals surface area contributed by atoms with E-state index in [1.165, 1.54) is 4.31 Å². The Morgan fingerprint density at radius 3 is 2.55 bits per heavy atom. The summed E-state index contributed by atoms with van der Waals surface area (Å²) in [5.41, 5.74) is 2.31. The molecule has 9 heteroatoms. The van der Waals surface area contributed by atoms with Gasteiger partial charge in [-0.1, -0.05) is 31.5 Å². The molecule has 0 bridgehead atoms. The second-order valence-electron chi connectivity index (χ2n) is 7.23. The van der Waals surface area contributed by atoms with Gasteiger partial charge >= 0.3 is 5.97 Å². The number of sulfonamides is 1. The first-order valence-electron chi connectivity index (χ1n) is 10.1. The minimum absolute atomic E-state index is 0.117. The second-order valence-corrected chi connectivity index (χ2v) is 9.58. The van der Waals surface area contributed by atoms with Crippen LogP contribution < -0.4 is 4.74 Å². The average Bonchev–Trinajstić information content (AvgIpc) is 3.05. The number of aryl methyl sites for hydroxylation is 3. The number of hydrogen-bond acceptors (Lipinski definition) is 5. The van der Waals surface area contributed by atoms with E-state index in [4.69, 9.17) is 16.3 Å². The molecule has 0 saturated carbocycles. The van der Waals surface area contributed by atoms with Crippen LogP contribution in [0.5, 0.6) is 5.75 Å². The number of halogens is 1. The van der Waals surface area contributed by atoms with Crippen molar-refractivity contribution in [3.8, 4) is 5.75 Å². The van der Waals surface area contributed by atoms with Gasteiger partial charge in [-0.3, -0.25) is 4.79 Å². The monoisotopic (exact) mass is 463 g/mol. The number of ether oxygens (including phenoxy) is 1. The average molecular weight is 464 g/mol. The normalized spacial score (nSPS) is 11.9. The summed E-state index contributed by atoms with van der Waals surface area (Å²) < 4.78 is 34.2. The quantitative estimate of drug-likeness (QED) is 0.371. The van der Waals surface area contributed by atoms with Crippen LogP contribution in [0.2, 0.25) is 5.02 Å². The summed E-state index contributed by atoms with van der Waals surface area (Å²) in [5.74, 6) is 0.590. The van der Waals surface area contributed by atoms with E-state index in [-0.39, 0.29) is 11.3 Å². The Hall–Kier alpha value is -2.42. The van der Waals surface area contributed by atoms with Crippen molar-refractivity contribution >= 4 is 38.6 Å². The van der Waals surface area contributed by atoms with Crippen molar-refractivity contribution in [3.05, 3.63) is 52.8 Å². The molecule has 0 saturated heterocycles. The highest BCUT2D eigenvalue weighted by Crippen LogP contribution is 2.26. The zero-order chi connectivity index (χ0) is 22.8. The van der Waals surface area contributed by atoms with E-state index in [2.05, 4.69) is 4.98 Å². The van der Waals surface area contributed by atoms with Crippen LogP contribution in [0.25, 0.3) is 11.0 Å². The Balaban J connectivity index is 1.78. The molecule has 2 aromatic carbocycles. The molecule has 0 spiro atoms. The van der Waals surface area contributed by atoms with Crippen LogP contribution >= 0.6 is 11.6 Å². The summed E-state index contributed by atoms with van der Waals surface area (Å²) in [4.78, 5) is 17.1. The lowest BCUT2D eigenvalue weighted by atomic mass is 10.2. The fraction of sp³-hybridized carbons (Fsp3) is 0.364. The Bertz CT molecular complexity index is 1220. The van der Waals surface area contributed by atoms with Crippen molar-refractivity contribution in [1.82, 2.24) is 13.9 Å². The molecule has 0 unspecified atom stereocenters. The largest absolute Gasteiger partial charge is 0.425 e. The summed E-state index contributed by atoms with van der Waals surface area (Å²) in [6.45, 7) is 6.31. The van der Waals surface area contributed by atoms with Crippen molar-refractivity contribution in [2.45, 2.75) is 38.5 Å². The fourth-order valence-electron chi connectivity index (χ4n) is 3.40. The standard InChI is InChI=1S/C22H26ClN3O4S/c1-5-26(6-2)31(28,29)16-8-10-19-18(14-16)24-21(25(19)4)11-12-22(27)30-20-13-15(3)7-9-17(20)23/h7-10,13-14H,5-6,11-12H2,1-4H3. The van der Waals surface area contributed by atoms with Crippen LogP contribution in [-0.4, -0.2) is 41.3 Å². The van der Waals surface area contributed by atoms with Gasteiger partial charge in [-0.05, 0) is 42.8 Å². The van der Waals surface area contributed by atoms with Crippen LogP contribution in [0.1, 0.15) is 31.7 Å². The molecule has 0 aliphatic carbocycles. The molecule has 0 aliphatic rings. The molecular formula is C22H26ClN3O4S. The van der Waals surface area contributed by atoms with Gasteiger partial charge in [0.05, 0.1) is 27.4 Å². The van der Waals surface area contributed by atoms with Gasteiger partial charge in [0.15, 0.2) is 0 Å². The smallest absolute Gasteiger partial charge is 0.311 e. The molecule has 3 rings (SSSR count). The minimum Gasteiger partial charge on any atom is -0.425 e. The van der Waals surface area contributed by atoms with Gasteiger partial charge in [0, 0.05) is 26.6 Å². The zero-order valence-corrected chi connectivity index (χ0v) is 19.6. The molecule has 0 amide bonds. The highest BCUT2D eigenvalue weighted by atomic mass is 35.5. The predicted octanol–water partition coefficient (Wildman–Crippen LogP) is 4.10. The first-order valence-corrected chi connectivity index (χ1v) is 11.9. The number of imidazole rings is 1. The Morgan fingerprint density at radius 1 is 1.16 bits per heavy atom. The van der Waals surface area contributed by atoms with E-state index >= 15 is 0 Å². The lowest BCUT2D eigenvalue weighted by Gasteiger charge is -2.18. The van der Waals surface area contributed by atoms with Crippen molar-refractivity contribution in [1.29, 1.82) is 0 Å². The molecule has 1 heterocycles. The maximum Gasteiger partial charge on any atom is 0.311 e. The molecule has 0 fully saturated rings. The van der Waals surface area contributed by atoms with Crippen molar-refractivity contribution < 1.29 is 17.9 Å². The highest BCUT2D eigenvalue weighted by Gasteiger charge is 2.23. The molecule has 0 atom stereocenters. The van der Waals surface area contributed by atoms with Crippen molar-refractivity contribution in [2.75, 3.05) is 13.1 Å². The fourth-order valence-corrected chi connectivity index (χ4v) is 5.04.